The van der Waals surface area contributed by atoms with Crippen LogP contribution < -0.4 is 0 Å². The molecule has 2 atom stereocenters. The van der Waals surface area contributed by atoms with Gasteiger partial charge in [0, 0.05) is 0 Å². The molecule has 0 aromatic heterocycles. The summed E-state index contributed by atoms with van der Waals surface area (Å²) in [5.41, 5.74) is 0. The Morgan fingerprint density at radius 1 is 0.889 bits per heavy atom. The van der Waals surface area contributed by atoms with Crippen LogP contribution in [0.2, 0.25) is 0 Å². The SMILES string of the molecule is OCC1COC(COC2CCCCCCC2)CO1. The van der Waals surface area contributed by atoms with Gasteiger partial charge in [-0.1, -0.05) is 32.1 Å². The van der Waals surface area contributed by atoms with Crippen LogP contribution >= 0.6 is 0 Å². The van der Waals surface area contributed by atoms with Crippen LogP contribution in [0.3, 0.4) is 0 Å². The minimum atomic E-state index is -0.150. The van der Waals surface area contributed by atoms with Gasteiger partial charge in [0.05, 0.1) is 32.5 Å². The van der Waals surface area contributed by atoms with E-state index in [1.54, 1.807) is 0 Å². The molecule has 0 radical (unpaired) electrons. The van der Waals surface area contributed by atoms with Crippen molar-refractivity contribution >= 4 is 0 Å². The molecular weight excluding hydrogens is 232 g/mol. The first-order valence-corrected chi connectivity index (χ1v) is 7.34. The second-order valence-electron chi connectivity index (χ2n) is 5.39. The van der Waals surface area contributed by atoms with Gasteiger partial charge in [0.25, 0.3) is 0 Å². The van der Waals surface area contributed by atoms with Crippen molar-refractivity contribution in [1.29, 1.82) is 0 Å². The summed E-state index contributed by atoms with van der Waals surface area (Å²) in [6.07, 6.45) is 9.33. The first kappa shape index (κ1) is 14.3. The standard InChI is InChI=1S/C14H26O4/c15-8-13-9-18-14(11-17-13)10-16-12-6-4-2-1-3-5-7-12/h12-15H,1-11H2. The molecule has 2 unspecified atom stereocenters. The lowest BCUT2D eigenvalue weighted by Crippen LogP contribution is -2.40. The Morgan fingerprint density at radius 3 is 2.11 bits per heavy atom. The predicted octanol–water partition coefficient (Wildman–Crippen LogP) is 1.89. The largest absolute Gasteiger partial charge is 0.394 e. The van der Waals surface area contributed by atoms with Gasteiger partial charge in [-0.3, -0.25) is 0 Å². The predicted molar refractivity (Wildman–Crippen MR) is 68.6 cm³/mol. The van der Waals surface area contributed by atoms with E-state index in [0.717, 1.165) is 0 Å². The van der Waals surface area contributed by atoms with Gasteiger partial charge in [-0.05, 0) is 12.8 Å². The average Bonchev–Trinajstić information content (AvgIpc) is 2.38. The first-order valence-electron chi connectivity index (χ1n) is 7.34. The van der Waals surface area contributed by atoms with Gasteiger partial charge < -0.3 is 19.3 Å². The molecule has 2 fully saturated rings. The lowest BCUT2D eigenvalue weighted by molar-refractivity contribution is -0.167. The second kappa shape index (κ2) is 8.10. The maximum atomic E-state index is 8.93. The molecular formula is C14H26O4. The Morgan fingerprint density at radius 2 is 1.50 bits per heavy atom. The maximum Gasteiger partial charge on any atom is 0.104 e. The van der Waals surface area contributed by atoms with Crippen molar-refractivity contribution in [3.8, 4) is 0 Å². The van der Waals surface area contributed by atoms with Gasteiger partial charge in [0.2, 0.25) is 0 Å². The van der Waals surface area contributed by atoms with Crippen LogP contribution in [-0.2, 0) is 14.2 Å². The molecule has 1 saturated carbocycles. The van der Waals surface area contributed by atoms with Crippen molar-refractivity contribution in [2.24, 2.45) is 0 Å². The lowest BCUT2D eigenvalue weighted by atomic mass is 9.98. The van der Waals surface area contributed by atoms with Gasteiger partial charge in [-0.15, -0.1) is 0 Å². The van der Waals surface area contributed by atoms with Crippen LogP contribution in [0.15, 0.2) is 0 Å². The lowest BCUT2D eigenvalue weighted by Gasteiger charge is -2.30. The Balaban J connectivity index is 1.61. The summed E-state index contributed by atoms with van der Waals surface area (Å²) in [7, 11) is 0. The van der Waals surface area contributed by atoms with Crippen LogP contribution in [-0.4, -0.2) is 49.8 Å². The van der Waals surface area contributed by atoms with Crippen molar-refractivity contribution in [3.05, 3.63) is 0 Å². The summed E-state index contributed by atoms with van der Waals surface area (Å²) in [5.74, 6) is 0. The monoisotopic (exact) mass is 258 g/mol. The fourth-order valence-electron chi connectivity index (χ4n) is 2.61. The summed E-state index contributed by atoms with van der Waals surface area (Å²) >= 11 is 0. The molecule has 4 nitrogen and oxygen atoms in total. The number of aliphatic hydroxyl groups is 1. The zero-order chi connectivity index (χ0) is 12.6. The molecule has 0 aromatic carbocycles. The van der Waals surface area contributed by atoms with Crippen LogP contribution in [0.5, 0.6) is 0 Å². The van der Waals surface area contributed by atoms with E-state index in [1.807, 2.05) is 0 Å². The van der Waals surface area contributed by atoms with E-state index in [0.29, 0.717) is 25.9 Å². The van der Waals surface area contributed by atoms with E-state index >= 15 is 0 Å². The van der Waals surface area contributed by atoms with Crippen LogP contribution in [0, 0.1) is 0 Å². The van der Waals surface area contributed by atoms with Crippen molar-refractivity contribution in [3.63, 3.8) is 0 Å². The zero-order valence-electron chi connectivity index (χ0n) is 11.2. The van der Waals surface area contributed by atoms with E-state index in [9.17, 15) is 0 Å². The van der Waals surface area contributed by atoms with Gasteiger partial charge in [-0.2, -0.15) is 0 Å². The van der Waals surface area contributed by atoms with Gasteiger partial charge >= 0.3 is 0 Å². The molecule has 2 aliphatic rings. The highest BCUT2D eigenvalue weighted by molar-refractivity contribution is 4.69. The Bertz CT molecular complexity index is 206. The zero-order valence-corrected chi connectivity index (χ0v) is 11.2. The van der Waals surface area contributed by atoms with Crippen molar-refractivity contribution < 1.29 is 19.3 Å². The molecule has 0 aromatic rings. The molecule has 1 aliphatic heterocycles. The fraction of sp³-hybridized carbons (Fsp3) is 1.00. The summed E-state index contributed by atoms with van der Waals surface area (Å²) < 4.78 is 17.0. The van der Waals surface area contributed by atoms with Crippen LogP contribution in [0.4, 0.5) is 0 Å². The number of aliphatic hydroxyl groups excluding tert-OH is 1. The van der Waals surface area contributed by atoms with Gasteiger partial charge in [-0.25, -0.2) is 0 Å². The Hall–Kier alpha value is -0.160. The first-order chi connectivity index (χ1) is 8.88. The highest BCUT2D eigenvalue weighted by Gasteiger charge is 2.23. The van der Waals surface area contributed by atoms with Crippen molar-refractivity contribution in [2.75, 3.05) is 26.4 Å². The summed E-state index contributed by atoms with van der Waals surface area (Å²) in [4.78, 5) is 0. The average molecular weight is 258 g/mol. The third-order valence-corrected chi connectivity index (χ3v) is 3.81. The quantitative estimate of drug-likeness (QED) is 0.836. The molecule has 1 heterocycles. The molecule has 1 N–H and O–H groups in total. The number of rotatable bonds is 4. The van der Waals surface area contributed by atoms with E-state index in [2.05, 4.69) is 0 Å². The Labute approximate surface area is 110 Å². The van der Waals surface area contributed by atoms with E-state index in [1.165, 1.54) is 44.9 Å². The third-order valence-electron chi connectivity index (χ3n) is 3.81. The Kier molecular flexibility index (Phi) is 6.41. The second-order valence-corrected chi connectivity index (χ2v) is 5.39. The van der Waals surface area contributed by atoms with Crippen molar-refractivity contribution in [2.45, 2.75) is 63.3 Å². The molecule has 2 rings (SSSR count). The number of ether oxygens (including phenoxy) is 3. The van der Waals surface area contributed by atoms with E-state index < -0.39 is 0 Å². The van der Waals surface area contributed by atoms with E-state index in [-0.39, 0.29) is 18.8 Å². The summed E-state index contributed by atoms with van der Waals surface area (Å²) in [6.45, 7) is 1.69. The summed E-state index contributed by atoms with van der Waals surface area (Å²) in [6, 6.07) is 0. The van der Waals surface area contributed by atoms with Crippen LogP contribution in [0.1, 0.15) is 44.9 Å². The van der Waals surface area contributed by atoms with Gasteiger partial charge in [0.15, 0.2) is 0 Å². The van der Waals surface area contributed by atoms with E-state index in [4.69, 9.17) is 19.3 Å². The smallest absolute Gasteiger partial charge is 0.104 e. The molecule has 1 saturated heterocycles. The highest BCUT2D eigenvalue weighted by atomic mass is 16.6. The molecule has 0 bridgehead atoms. The minimum Gasteiger partial charge on any atom is -0.394 e. The highest BCUT2D eigenvalue weighted by Crippen LogP contribution is 2.20. The normalized spacial score (nSPS) is 31.8. The topological polar surface area (TPSA) is 47.9 Å². The molecule has 0 amide bonds. The summed E-state index contributed by atoms with van der Waals surface area (Å²) in [5, 5.41) is 8.93. The number of hydrogen-bond donors (Lipinski definition) is 1. The van der Waals surface area contributed by atoms with Crippen molar-refractivity contribution in [1.82, 2.24) is 0 Å². The minimum absolute atomic E-state index is 0.0379. The number of hydrogen-bond acceptors (Lipinski definition) is 4. The van der Waals surface area contributed by atoms with Crippen LogP contribution in [0.25, 0.3) is 0 Å². The third kappa shape index (κ3) is 4.84. The molecule has 1 aliphatic carbocycles. The molecule has 106 valence electrons. The molecule has 4 heteroatoms. The van der Waals surface area contributed by atoms with Gasteiger partial charge in [0.1, 0.15) is 12.2 Å². The fourth-order valence-corrected chi connectivity index (χ4v) is 2.61. The maximum absolute atomic E-state index is 8.93. The molecule has 0 spiro atoms. The molecule has 18 heavy (non-hydrogen) atoms.